The minimum atomic E-state index is -0.468. The average molecular weight is 321 g/mol. The van der Waals surface area contributed by atoms with E-state index in [-0.39, 0.29) is 36.5 Å². The molecule has 7 heteroatoms. The van der Waals surface area contributed by atoms with Crippen LogP contribution in [0, 0.1) is 18.7 Å². The molecule has 3 amide bonds. The lowest BCUT2D eigenvalue weighted by atomic mass is 10.1. The molecule has 1 saturated heterocycles. The van der Waals surface area contributed by atoms with Crippen molar-refractivity contribution in [1.82, 2.24) is 10.6 Å². The third-order valence-electron chi connectivity index (χ3n) is 3.76. The SMILES string of the molecule is CC(=O)NCCNC(=O)[C@@H]1CC(=O)N(c2ccc(C)c(F)c2)C1. The van der Waals surface area contributed by atoms with Gasteiger partial charge >= 0.3 is 0 Å². The summed E-state index contributed by atoms with van der Waals surface area (Å²) < 4.78 is 13.6. The summed E-state index contributed by atoms with van der Waals surface area (Å²) >= 11 is 0. The third kappa shape index (κ3) is 4.28. The molecule has 1 fully saturated rings. The van der Waals surface area contributed by atoms with E-state index in [2.05, 4.69) is 10.6 Å². The van der Waals surface area contributed by atoms with Gasteiger partial charge in [-0.15, -0.1) is 0 Å². The molecular formula is C16H20FN3O3. The van der Waals surface area contributed by atoms with Gasteiger partial charge in [0.2, 0.25) is 17.7 Å². The van der Waals surface area contributed by atoms with Crippen LogP contribution in [0.1, 0.15) is 18.9 Å². The van der Waals surface area contributed by atoms with E-state index in [1.807, 2.05) is 0 Å². The van der Waals surface area contributed by atoms with Gasteiger partial charge in [-0.05, 0) is 24.6 Å². The number of carbonyl (C=O) groups is 3. The van der Waals surface area contributed by atoms with Gasteiger partial charge in [-0.2, -0.15) is 0 Å². The van der Waals surface area contributed by atoms with Gasteiger partial charge in [-0.3, -0.25) is 14.4 Å². The van der Waals surface area contributed by atoms with Gasteiger partial charge in [0.15, 0.2) is 0 Å². The molecule has 1 atom stereocenters. The number of nitrogens with one attached hydrogen (secondary N) is 2. The normalized spacial score (nSPS) is 17.3. The van der Waals surface area contributed by atoms with Crippen LogP contribution in [0.25, 0.3) is 0 Å². The molecular weight excluding hydrogens is 301 g/mol. The lowest BCUT2D eigenvalue weighted by Crippen LogP contribution is -2.37. The van der Waals surface area contributed by atoms with E-state index in [1.54, 1.807) is 19.1 Å². The van der Waals surface area contributed by atoms with E-state index < -0.39 is 5.92 Å². The van der Waals surface area contributed by atoms with Crippen LogP contribution >= 0.6 is 0 Å². The standard InChI is InChI=1S/C16H20FN3O3/c1-10-3-4-13(8-14(10)17)20-9-12(7-15(20)22)16(23)19-6-5-18-11(2)21/h3-4,8,12H,5-7,9H2,1-2H3,(H,18,21)(H,19,23)/t12-/m1/s1. The topological polar surface area (TPSA) is 78.5 Å². The number of hydrogen-bond acceptors (Lipinski definition) is 3. The molecule has 1 aliphatic heterocycles. The summed E-state index contributed by atoms with van der Waals surface area (Å²) in [5.74, 6) is -1.44. The zero-order valence-corrected chi connectivity index (χ0v) is 13.2. The maximum absolute atomic E-state index is 13.6. The molecule has 0 unspecified atom stereocenters. The molecule has 2 rings (SSSR count). The fourth-order valence-corrected chi connectivity index (χ4v) is 2.45. The molecule has 124 valence electrons. The van der Waals surface area contributed by atoms with Crippen molar-refractivity contribution < 1.29 is 18.8 Å². The summed E-state index contributed by atoms with van der Waals surface area (Å²) in [5, 5.41) is 5.26. The number of carbonyl (C=O) groups excluding carboxylic acids is 3. The molecule has 23 heavy (non-hydrogen) atoms. The van der Waals surface area contributed by atoms with Crippen LogP contribution in [0.2, 0.25) is 0 Å². The summed E-state index contributed by atoms with van der Waals surface area (Å²) in [5.41, 5.74) is 0.972. The van der Waals surface area contributed by atoms with Crippen molar-refractivity contribution in [3.8, 4) is 0 Å². The minimum absolute atomic E-state index is 0.0987. The second-order valence-electron chi connectivity index (χ2n) is 5.61. The van der Waals surface area contributed by atoms with Crippen LogP contribution in [0.5, 0.6) is 0 Å². The van der Waals surface area contributed by atoms with Crippen molar-refractivity contribution in [2.45, 2.75) is 20.3 Å². The first kappa shape index (κ1) is 16.9. The van der Waals surface area contributed by atoms with Gasteiger partial charge in [0, 0.05) is 38.7 Å². The van der Waals surface area contributed by atoms with Gasteiger partial charge in [-0.1, -0.05) is 6.07 Å². The number of rotatable bonds is 5. The first-order valence-electron chi connectivity index (χ1n) is 7.47. The van der Waals surface area contributed by atoms with E-state index in [1.165, 1.54) is 17.9 Å². The zero-order valence-electron chi connectivity index (χ0n) is 13.2. The maximum atomic E-state index is 13.6. The molecule has 1 aliphatic rings. The molecule has 6 nitrogen and oxygen atoms in total. The first-order chi connectivity index (χ1) is 10.9. The lowest BCUT2D eigenvalue weighted by molar-refractivity contribution is -0.126. The van der Waals surface area contributed by atoms with Gasteiger partial charge in [0.25, 0.3) is 0 Å². The van der Waals surface area contributed by atoms with E-state index in [0.29, 0.717) is 24.3 Å². The van der Waals surface area contributed by atoms with Crippen molar-refractivity contribution in [3.05, 3.63) is 29.6 Å². The Morgan fingerprint density at radius 3 is 2.65 bits per heavy atom. The molecule has 1 heterocycles. The lowest BCUT2D eigenvalue weighted by Gasteiger charge is -2.17. The zero-order chi connectivity index (χ0) is 17.0. The number of hydrogen-bond donors (Lipinski definition) is 2. The highest BCUT2D eigenvalue weighted by Crippen LogP contribution is 2.26. The summed E-state index contributed by atoms with van der Waals surface area (Å²) in [6, 6.07) is 4.59. The largest absolute Gasteiger partial charge is 0.355 e. The molecule has 0 aromatic heterocycles. The molecule has 0 bridgehead atoms. The fraction of sp³-hybridized carbons (Fsp3) is 0.438. The minimum Gasteiger partial charge on any atom is -0.355 e. The smallest absolute Gasteiger partial charge is 0.227 e. The molecule has 0 aliphatic carbocycles. The number of anilines is 1. The Kier molecular flexibility index (Phi) is 5.31. The van der Waals surface area contributed by atoms with Gasteiger partial charge in [0.1, 0.15) is 5.82 Å². The number of amides is 3. The van der Waals surface area contributed by atoms with E-state index in [4.69, 9.17) is 0 Å². The number of nitrogens with zero attached hydrogens (tertiary/aromatic N) is 1. The fourth-order valence-electron chi connectivity index (χ4n) is 2.45. The Bertz CT molecular complexity index is 633. The van der Waals surface area contributed by atoms with E-state index in [0.717, 1.165) is 0 Å². The highest BCUT2D eigenvalue weighted by atomic mass is 19.1. The molecule has 1 aromatic carbocycles. The van der Waals surface area contributed by atoms with Gasteiger partial charge < -0.3 is 15.5 Å². The third-order valence-corrected chi connectivity index (χ3v) is 3.76. The van der Waals surface area contributed by atoms with Crippen LogP contribution in [-0.4, -0.2) is 37.4 Å². The second-order valence-corrected chi connectivity index (χ2v) is 5.61. The summed E-state index contributed by atoms with van der Waals surface area (Å²) in [7, 11) is 0. The van der Waals surface area contributed by atoms with Crippen molar-refractivity contribution >= 4 is 23.4 Å². The predicted octanol–water partition coefficient (Wildman–Crippen LogP) is 0.739. The quantitative estimate of drug-likeness (QED) is 0.785. The Hall–Kier alpha value is -2.44. The van der Waals surface area contributed by atoms with Crippen LogP contribution < -0.4 is 15.5 Å². The highest BCUT2D eigenvalue weighted by molar-refractivity contribution is 6.00. The Morgan fingerprint density at radius 2 is 2.00 bits per heavy atom. The first-order valence-corrected chi connectivity index (χ1v) is 7.47. The highest BCUT2D eigenvalue weighted by Gasteiger charge is 2.35. The maximum Gasteiger partial charge on any atom is 0.227 e. The summed E-state index contributed by atoms with van der Waals surface area (Å²) in [6.07, 6.45) is 0.0987. The summed E-state index contributed by atoms with van der Waals surface area (Å²) in [4.78, 5) is 36.3. The number of benzene rings is 1. The van der Waals surface area contributed by atoms with Crippen LogP contribution in [0.15, 0.2) is 18.2 Å². The number of aryl methyl sites for hydroxylation is 1. The Labute approximate surface area is 134 Å². The molecule has 2 N–H and O–H groups in total. The van der Waals surface area contributed by atoms with Gasteiger partial charge in [0.05, 0.1) is 5.92 Å². The van der Waals surface area contributed by atoms with Crippen molar-refractivity contribution in [2.75, 3.05) is 24.5 Å². The van der Waals surface area contributed by atoms with Crippen molar-refractivity contribution in [2.24, 2.45) is 5.92 Å². The summed E-state index contributed by atoms with van der Waals surface area (Å²) in [6.45, 7) is 3.93. The van der Waals surface area contributed by atoms with E-state index >= 15 is 0 Å². The van der Waals surface area contributed by atoms with Crippen LogP contribution in [0.3, 0.4) is 0 Å². The van der Waals surface area contributed by atoms with Crippen molar-refractivity contribution in [1.29, 1.82) is 0 Å². The van der Waals surface area contributed by atoms with Crippen LogP contribution in [0.4, 0.5) is 10.1 Å². The van der Waals surface area contributed by atoms with Crippen molar-refractivity contribution in [3.63, 3.8) is 0 Å². The molecule has 0 radical (unpaired) electrons. The average Bonchev–Trinajstić information content (AvgIpc) is 2.88. The monoisotopic (exact) mass is 321 g/mol. The molecule has 0 saturated carbocycles. The molecule has 1 aromatic rings. The molecule has 0 spiro atoms. The number of halogens is 1. The Morgan fingerprint density at radius 1 is 1.30 bits per heavy atom. The predicted molar refractivity (Wildman–Crippen MR) is 83.3 cm³/mol. The van der Waals surface area contributed by atoms with E-state index in [9.17, 15) is 18.8 Å². The second kappa shape index (κ2) is 7.21. The Balaban J connectivity index is 1.92. The van der Waals surface area contributed by atoms with Crippen LogP contribution in [-0.2, 0) is 14.4 Å². The van der Waals surface area contributed by atoms with Gasteiger partial charge in [-0.25, -0.2) is 4.39 Å².